The minimum absolute atomic E-state index is 0.0232. The van der Waals surface area contributed by atoms with Crippen LogP contribution in [0.2, 0.25) is 5.02 Å². The van der Waals surface area contributed by atoms with Crippen LogP contribution in [0.5, 0.6) is 0 Å². The van der Waals surface area contributed by atoms with Gasteiger partial charge in [0.15, 0.2) is 0 Å². The van der Waals surface area contributed by atoms with Gasteiger partial charge in [0.2, 0.25) is 10.0 Å². The van der Waals surface area contributed by atoms with E-state index in [1.165, 1.54) is 18.2 Å². The molecule has 0 aliphatic rings. The lowest BCUT2D eigenvalue weighted by Crippen LogP contribution is -2.32. The van der Waals surface area contributed by atoms with Crippen LogP contribution in [0.4, 0.5) is 5.69 Å². The fourth-order valence-corrected chi connectivity index (χ4v) is 2.14. The summed E-state index contributed by atoms with van der Waals surface area (Å²) in [6.45, 7) is 3.83. The van der Waals surface area contributed by atoms with Gasteiger partial charge in [0, 0.05) is 11.7 Å². The summed E-state index contributed by atoms with van der Waals surface area (Å²) < 4.78 is 24.6. The Bertz CT molecular complexity index is 572. The van der Waals surface area contributed by atoms with Crippen molar-refractivity contribution in [2.24, 2.45) is 0 Å². The van der Waals surface area contributed by atoms with Gasteiger partial charge in [-0.05, 0) is 31.5 Å². The molecule has 0 spiro atoms. The van der Waals surface area contributed by atoms with Crippen molar-refractivity contribution in [1.29, 1.82) is 0 Å². The van der Waals surface area contributed by atoms with E-state index in [9.17, 15) is 13.2 Å². The van der Waals surface area contributed by atoms with E-state index in [2.05, 4.69) is 10.0 Å². The number of hydrogen-bond donors (Lipinski definition) is 2. The molecule has 1 atom stereocenters. The monoisotopic (exact) mass is 304 g/mol. The number of rotatable bonds is 5. The fourth-order valence-electron chi connectivity index (χ4n) is 1.38. The summed E-state index contributed by atoms with van der Waals surface area (Å²) in [5, 5.41) is 3.05. The minimum Gasteiger partial charge on any atom is -0.350 e. The van der Waals surface area contributed by atoms with E-state index in [1.54, 1.807) is 0 Å². The molecular formula is C12H17ClN2O3S. The highest BCUT2D eigenvalue weighted by molar-refractivity contribution is 7.92. The largest absolute Gasteiger partial charge is 0.350 e. The summed E-state index contributed by atoms with van der Waals surface area (Å²) in [5.74, 6) is -0.323. The van der Waals surface area contributed by atoms with Gasteiger partial charge >= 0.3 is 0 Å². The third kappa shape index (κ3) is 5.08. The minimum atomic E-state index is -3.38. The quantitative estimate of drug-likeness (QED) is 0.876. The van der Waals surface area contributed by atoms with Crippen molar-refractivity contribution in [2.75, 3.05) is 11.0 Å². The standard InChI is InChI=1S/C12H17ClN2O3S/c1-4-8(2)14-12(16)10-7-9(5-6-11(10)13)15-19(3,17)18/h5-8,15H,4H2,1-3H3,(H,14,16)/t8-/m0/s1. The average molecular weight is 305 g/mol. The Balaban J connectivity index is 3.00. The normalized spacial score (nSPS) is 12.8. The topological polar surface area (TPSA) is 75.3 Å². The van der Waals surface area contributed by atoms with Crippen molar-refractivity contribution in [3.8, 4) is 0 Å². The van der Waals surface area contributed by atoms with Gasteiger partial charge in [-0.15, -0.1) is 0 Å². The number of carbonyl (C=O) groups is 1. The highest BCUT2D eigenvalue weighted by Gasteiger charge is 2.14. The second kappa shape index (κ2) is 6.25. The van der Waals surface area contributed by atoms with Crippen LogP contribution in [-0.2, 0) is 10.0 Å². The average Bonchev–Trinajstić information content (AvgIpc) is 2.29. The number of hydrogen-bond acceptors (Lipinski definition) is 3. The van der Waals surface area contributed by atoms with E-state index >= 15 is 0 Å². The van der Waals surface area contributed by atoms with Gasteiger partial charge in [-0.1, -0.05) is 18.5 Å². The Morgan fingerprint density at radius 1 is 1.42 bits per heavy atom. The number of carbonyl (C=O) groups excluding carboxylic acids is 1. The lowest BCUT2D eigenvalue weighted by atomic mass is 10.1. The van der Waals surface area contributed by atoms with Crippen LogP contribution >= 0.6 is 11.6 Å². The maximum atomic E-state index is 12.0. The molecule has 0 bridgehead atoms. The van der Waals surface area contributed by atoms with Gasteiger partial charge in [0.1, 0.15) is 0 Å². The van der Waals surface area contributed by atoms with Gasteiger partial charge in [-0.2, -0.15) is 0 Å². The van der Waals surface area contributed by atoms with Gasteiger partial charge < -0.3 is 5.32 Å². The molecule has 19 heavy (non-hydrogen) atoms. The molecule has 0 saturated heterocycles. The van der Waals surface area contributed by atoms with Crippen molar-refractivity contribution in [1.82, 2.24) is 5.32 Å². The zero-order chi connectivity index (χ0) is 14.6. The number of halogens is 1. The molecule has 0 saturated carbocycles. The van der Waals surface area contributed by atoms with E-state index in [0.29, 0.717) is 5.69 Å². The third-order valence-corrected chi connectivity index (χ3v) is 3.44. The molecule has 1 amide bonds. The van der Waals surface area contributed by atoms with E-state index in [1.807, 2.05) is 13.8 Å². The summed E-state index contributed by atoms with van der Waals surface area (Å²) in [4.78, 5) is 12.0. The van der Waals surface area contributed by atoms with Crippen molar-refractivity contribution >= 4 is 33.2 Å². The number of sulfonamides is 1. The molecule has 0 fully saturated rings. The summed E-state index contributed by atoms with van der Waals surface area (Å²) in [5.41, 5.74) is 0.553. The van der Waals surface area contributed by atoms with Gasteiger partial charge in [0.25, 0.3) is 5.91 Å². The molecule has 0 heterocycles. The van der Waals surface area contributed by atoms with E-state index in [-0.39, 0.29) is 22.5 Å². The van der Waals surface area contributed by atoms with Gasteiger partial charge in [-0.25, -0.2) is 8.42 Å². The summed E-state index contributed by atoms with van der Waals surface area (Å²) in [7, 11) is -3.38. The first kappa shape index (κ1) is 15.8. The first-order valence-corrected chi connectivity index (χ1v) is 8.08. The number of amides is 1. The molecule has 0 aromatic heterocycles. The fraction of sp³-hybridized carbons (Fsp3) is 0.417. The highest BCUT2D eigenvalue weighted by Crippen LogP contribution is 2.21. The second-order valence-corrected chi connectivity index (χ2v) is 6.51. The van der Waals surface area contributed by atoms with E-state index in [0.717, 1.165) is 12.7 Å². The Morgan fingerprint density at radius 2 is 2.05 bits per heavy atom. The van der Waals surface area contributed by atoms with Crippen LogP contribution in [0, 0.1) is 0 Å². The lowest BCUT2D eigenvalue weighted by Gasteiger charge is -2.13. The first-order valence-electron chi connectivity index (χ1n) is 5.81. The second-order valence-electron chi connectivity index (χ2n) is 4.35. The summed E-state index contributed by atoms with van der Waals surface area (Å²) in [6, 6.07) is 4.43. The smallest absolute Gasteiger partial charge is 0.253 e. The molecule has 5 nitrogen and oxygen atoms in total. The molecule has 1 aromatic rings. The van der Waals surface area contributed by atoms with Crippen LogP contribution in [0.1, 0.15) is 30.6 Å². The van der Waals surface area contributed by atoms with Crippen LogP contribution in [-0.4, -0.2) is 26.6 Å². The maximum Gasteiger partial charge on any atom is 0.253 e. The number of nitrogens with one attached hydrogen (secondary N) is 2. The molecular weight excluding hydrogens is 288 g/mol. The predicted octanol–water partition coefficient (Wildman–Crippen LogP) is 2.24. The zero-order valence-corrected chi connectivity index (χ0v) is 12.6. The Morgan fingerprint density at radius 3 is 2.58 bits per heavy atom. The Kier molecular flexibility index (Phi) is 5.20. The van der Waals surface area contributed by atoms with Crippen LogP contribution < -0.4 is 10.0 Å². The SMILES string of the molecule is CC[C@H](C)NC(=O)c1cc(NS(C)(=O)=O)ccc1Cl. The Hall–Kier alpha value is -1.27. The summed E-state index contributed by atoms with van der Waals surface area (Å²) in [6.07, 6.45) is 1.84. The van der Waals surface area contributed by atoms with Crippen LogP contribution in [0.25, 0.3) is 0 Å². The lowest BCUT2D eigenvalue weighted by molar-refractivity contribution is 0.0939. The van der Waals surface area contributed by atoms with Crippen molar-refractivity contribution in [2.45, 2.75) is 26.3 Å². The van der Waals surface area contributed by atoms with E-state index in [4.69, 9.17) is 11.6 Å². The molecule has 0 aliphatic carbocycles. The zero-order valence-electron chi connectivity index (χ0n) is 11.0. The first-order chi connectivity index (χ1) is 8.73. The molecule has 0 aliphatic heterocycles. The molecule has 0 unspecified atom stereocenters. The van der Waals surface area contributed by atoms with Crippen molar-refractivity contribution < 1.29 is 13.2 Å². The molecule has 2 N–H and O–H groups in total. The third-order valence-electron chi connectivity index (χ3n) is 2.50. The van der Waals surface area contributed by atoms with Crippen LogP contribution in [0.3, 0.4) is 0 Å². The highest BCUT2D eigenvalue weighted by atomic mass is 35.5. The molecule has 7 heteroatoms. The molecule has 1 aromatic carbocycles. The molecule has 1 rings (SSSR count). The van der Waals surface area contributed by atoms with Gasteiger partial charge in [0.05, 0.1) is 16.8 Å². The molecule has 106 valence electrons. The van der Waals surface area contributed by atoms with Gasteiger partial charge in [-0.3, -0.25) is 9.52 Å². The maximum absolute atomic E-state index is 12.0. The van der Waals surface area contributed by atoms with Crippen LogP contribution in [0.15, 0.2) is 18.2 Å². The van der Waals surface area contributed by atoms with E-state index < -0.39 is 10.0 Å². The summed E-state index contributed by atoms with van der Waals surface area (Å²) >= 11 is 5.95. The number of benzene rings is 1. The predicted molar refractivity (Wildman–Crippen MR) is 77.1 cm³/mol. The molecule has 0 radical (unpaired) electrons. The Labute approximate surface area is 118 Å². The number of anilines is 1. The van der Waals surface area contributed by atoms with Crippen molar-refractivity contribution in [3.63, 3.8) is 0 Å². The van der Waals surface area contributed by atoms with Crippen molar-refractivity contribution in [3.05, 3.63) is 28.8 Å².